The summed E-state index contributed by atoms with van der Waals surface area (Å²) in [7, 11) is 0. The molecule has 0 saturated carbocycles. The Morgan fingerprint density at radius 3 is 1.48 bits per heavy atom. The molecule has 0 aromatic heterocycles. The lowest BCUT2D eigenvalue weighted by atomic mass is 10.1. The molecule has 0 radical (unpaired) electrons. The van der Waals surface area contributed by atoms with E-state index in [0.29, 0.717) is 0 Å². The van der Waals surface area contributed by atoms with E-state index in [9.17, 15) is 9.59 Å². The summed E-state index contributed by atoms with van der Waals surface area (Å²) in [5.74, 6) is -0.963. The zero-order chi connectivity index (χ0) is 16.1. The highest BCUT2D eigenvalue weighted by molar-refractivity contribution is 5.91. The first-order valence-corrected chi connectivity index (χ1v) is 8.38. The average Bonchev–Trinajstić information content (AvgIpc) is 2.38. The van der Waals surface area contributed by atoms with Crippen molar-refractivity contribution in [1.82, 2.24) is 0 Å². The topological polar surface area (TPSA) is 52.6 Å². The predicted molar refractivity (Wildman–Crippen MR) is 84.0 cm³/mol. The van der Waals surface area contributed by atoms with Gasteiger partial charge in [-0.05, 0) is 39.5 Å². The summed E-state index contributed by atoms with van der Waals surface area (Å²) in [4.78, 5) is 23.2. The van der Waals surface area contributed by atoms with Crippen LogP contribution in [0.15, 0.2) is 0 Å². The van der Waals surface area contributed by atoms with E-state index in [1.54, 1.807) is 0 Å². The molecule has 0 saturated heterocycles. The highest BCUT2D eigenvalue weighted by atomic mass is 16.6. The van der Waals surface area contributed by atoms with Gasteiger partial charge in [0.25, 0.3) is 0 Å². The Kier molecular flexibility index (Phi) is 12.0. The zero-order valence-corrected chi connectivity index (χ0v) is 14.2. The Labute approximate surface area is 129 Å². The van der Waals surface area contributed by atoms with Crippen LogP contribution in [0.1, 0.15) is 85.5 Å². The zero-order valence-electron chi connectivity index (χ0n) is 14.2. The summed E-state index contributed by atoms with van der Waals surface area (Å²) in [6, 6.07) is 0. The summed E-state index contributed by atoms with van der Waals surface area (Å²) in [6.07, 6.45) is 7.82. The maximum absolute atomic E-state index is 11.6. The standard InChI is InChI=1S/C17H32O4/c1-5-7-9-11-14(3)20-16(18)13-17(19)21-15(4)12-10-8-6-2/h14-15H,5-13H2,1-4H3. The molecule has 4 nitrogen and oxygen atoms in total. The van der Waals surface area contributed by atoms with Crippen LogP contribution in [0.3, 0.4) is 0 Å². The van der Waals surface area contributed by atoms with E-state index in [-0.39, 0.29) is 18.6 Å². The van der Waals surface area contributed by atoms with E-state index in [1.807, 2.05) is 13.8 Å². The van der Waals surface area contributed by atoms with Crippen molar-refractivity contribution < 1.29 is 19.1 Å². The summed E-state index contributed by atoms with van der Waals surface area (Å²) in [5, 5.41) is 0. The highest BCUT2D eigenvalue weighted by Crippen LogP contribution is 2.09. The second-order valence-corrected chi connectivity index (χ2v) is 5.77. The fraction of sp³-hybridized carbons (Fsp3) is 0.882. The second kappa shape index (κ2) is 12.7. The molecule has 0 heterocycles. The molecule has 0 fully saturated rings. The number of carbonyl (C=O) groups excluding carboxylic acids is 2. The molecule has 0 aromatic rings. The minimum Gasteiger partial charge on any atom is -0.462 e. The van der Waals surface area contributed by atoms with E-state index < -0.39 is 11.9 Å². The lowest BCUT2D eigenvalue weighted by Crippen LogP contribution is -2.21. The first-order chi connectivity index (χ1) is 9.99. The van der Waals surface area contributed by atoms with Gasteiger partial charge in [-0.3, -0.25) is 9.59 Å². The minimum absolute atomic E-state index is 0.126. The molecule has 0 rings (SSSR count). The molecule has 0 aliphatic heterocycles. The Morgan fingerprint density at radius 2 is 1.14 bits per heavy atom. The molecule has 0 aliphatic rings. The fourth-order valence-electron chi connectivity index (χ4n) is 2.13. The van der Waals surface area contributed by atoms with Crippen molar-refractivity contribution in [3.05, 3.63) is 0 Å². The molecule has 0 amide bonds. The lowest BCUT2D eigenvalue weighted by Gasteiger charge is -2.15. The number of hydrogen-bond acceptors (Lipinski definition) is 4. The molecule has 2 atom stereocenters. The first-order valence-electron chi connectivity index (χ1n) is 8.38. The largest absolute Gasteiger partial charge is 0.462 e. The van der Waals surface area contributed by atoms with Crippen molar-refractivity contribution in [3.63, 3.8) is 0 Å². The molecule has 21 heavy (non-hydrogen) atoms. The van der Waals surface area contributed by atoms with E-state index in [4.69, 9.17) is 9.47 Å². The van der Waals surface area contributed by atoms with Gasteiger partial charge in [-0.15, -0.1) is 0 Å². The molecule has 124 valence electrons. The van der Waals surface area contributed by atoms with Crippen LogP contribution >= 0.6 is 0 Å². The van der Waals surface area contributed by atoms with Crippen molar-refractivity contribution in [1.29, 1.82) is 0 Å². The van der Waals surface area contributed by atoms with Crippen LogP contribution in [0.2, 0.25) is 0 Å². The predicted octanol–water partition coefficient (Wildman–Crippen LogP) is 4.40. The van der Waals surface area contributed by atoms with E-state index >= 15 is 0 Å². The lowest BCUT2D eigenvalue weighted by molar-refractivity contribution is -0.159. The maximum Gasteiger partial charge on any atom is 0.317 e. The number of rotatable bonds is 12. The number of hydrogen-bond donors (Lipinski definition) is 0. The van der Waals surface area contributed by atoms with Gasteiger partial charge >= 0.3 is 11.9 Å². The van der Waals surface area contributed by atoms with Crippen LogP contribution in [0, 0.1) is 0 Å². The number of unbranched alkanes of at least 4 members (excludes halogenated alkanes) is 4. The van der Waals surface area contributed by atoms with Crippen LogP contribution in [0.25, 0.3) is 0 Å². The number of carbonyl (C=O) groups is 2. The van der Waals surface area contributed by atoms with Gasteiger partial charge in [0.2, 0.25) is 0 Å². The van der Waals surface area contributed by atoms with Crippen LogP contribution in [-0.4, -0.2) is 24.1 Å². The molecule has 0 aliphatic carbocycles. The Balaban J connectivity index is 3.80. The normalized spacial score (nSPS) is 13.5. The highest BCUT2D eigenvalue weighted by Gasteiger charge is 2.17. The van der Waals surface area contributed by atoms with Gasteiger partial charge in [0.1, 0.15) is 6.42 Å². The van der Waals surface area contributed by atoms with Crippen molar-refractivity contribution in [2.45, 2.75) is 97.7 Å². The van der Waals surface area contributed by atoms with Crippen LogP contribution in [-0.2, 0) is 19.1 Å². The summed E-state index contributed by atoms with van der Waals surface area (Å²) in [6.45, 7) is 8.00. The van der Waals surface area contributed by atoms with Crippen LogP contribution in [0.5, 0.6) is 0 Å². The van der Waals surface area contributed by atoms with Crippen LogP contribution in [0.4, 0.5) is 0 Å². The third kappa shape index (κ3) is 12.4. The van der Waals surface area contributed by atoms with Crippen molar-refractivity contribution in [2.75, 3.05) is 0 Å². The second-order valence-electron chi connectivity index (χ2n) is 5.77. The fourth-order valence-corrected chi connectivity index (χ4v) is 2.13. The Morgan fingerprint density at radius 1 is 0.762 bits per heavy atom. The van der Waals surface area contributed by atoms with Gasteiger partial charge in [-0.25, -0.2) is 0 Å². The van der Waals surface area contributed by atoms with E-state index in [1.165, 1.54) is 0 Å². The Bertz CT molecular complexity index is 261. The molecular formula is C17H32O4. The summed E-state index contributed by atoms with van der Waals surface area (Å²) >= 11 is 0. The maximum atomic E-state index is 11.6. The molecule has 4 heteroatoms. The van der Waals surface area contributed by atoms with Gasteiger partial charge in [0.05, 0.1) is 12.2 Å². The molecule has 0 spiro atoms. The number of esters is 2. The SMILES string of the molecule is CCCCCC(C)OC(=O)CC(=O)OC(C)CCCCC. The van der Waals surface area contributed by atoms with Gasteiger partial charge < -0.3 is 9.47 Å². The average molecular weight is 300 g/mol. The number of ether oxygens (including phenoxy) is 2. The molecule has 2 unspecified atom stereocenters. The molecule has 0 bridgehead atoms. The molecule has 0 aromatic carbocycles. The van der Waals surface area contributed by atoms with Crippen LogP contribution < -0.4 is 0 Å². The molecule has 0 N–H and O–H groups in total. The minimum atomic E-state index is -0.482. The van der Waals surface area contributed by atoms with Crippen molar-refractivity contribution >= 4 is 11.9 Å². The smallest absolute Gasteiger partial charge is 0.317 e. The van der Waals surface area contributed by atoms with E-state index in [0.717, 1.165) is 51.4 Å². The summed E-state index contributed by atoms with van der Waals surface area (Å²) in [5.41, 5.74) is 0. The summed E-state index contributed by atoms with van der Waals surface area (Å²) < 4.78 is 10.4. The monoisotopic (exact) mass is 300 g/mol. The van der Waals surface area contributed by atoms with Gasteiger partial charge in [-0.2, -0.15) is 0 Å². The quantitative estimate of drug-likeness (QED) is 0.304. The first kappa shape index (κ1) is 19.9. The van der Waals surface area contributed by atoms with E-state index in [2.05, 4.69) is 13.8 Å². The third-order valence-electron chi connectivity index (χ3n) is 3.38. The third-order valence-corrected chi connectivity index (χ3v) is 3.38. The van der Waals surface area contributed by atoms with Gasteiger partial charge in [0.15, 0.2) is 0 Å². The molecular weight excluding hydrogens is 268 g/mol. The Hall–Kier alpha value is -1.06. The van der Waals surface area contributed by atoms with Gasteiger partial charge in [-0.1, -0.05) is 39.5 Å². The van der Waals surface area contributed by atoms with Gasteiger partial charge in [0, 0.05) is 0 Å². The van der Waals surface area contributed by atoms with Crippen molar-refractivity contribution in [2.24, 2.45) is 0 Å². The van der Waals surface area contributed by atoms with Crippen molar-refractivity contribution in [3.8, 4) is 0 Å².